The normalized spacial score (nSPS) is 23.3. The first kappa shape index (κ1) is 19.8. The summed E-state index contributed by atoms with van der Waals surface area (Å²) in [6, 6.07) is 16.2. The molecule has 1 amide bonds. The van der Waals surface area contributed by atoms with Crippen molar-refractivity contribution >= 4 is 5.91 Å². The Hall–Kier alpha value is -2.53. The minimum absolute atomic E-state index is 0.0451. The number of carbonyl (C=O) groups excluding carboxylic acids is 1. The fourth-order valence-corrected chi connectivity index (χ4v) is 4.56. The second kappa shape index (κ2) is 7.38. The molecule has 5 rings (SSSR count). The smallest absolute Gasteiger partial charge is 0.254 e. The highest BCUT2D eigenvalue weighted by molar-refractivity contribution is 5.95. The summed E-state index contributed by atoms with van der Waals surface area (Å²) in [6.07, 6.45) is 3.07. The molecule has 1 aliphatic carbocycles. The van der Waals surface area contributed by atoms with Crippen LogP contribution < -0.4 is 9.47 Å². The Labute approximate surface area is 172 Å². The Morgan fingerprint density at radius 2 is 1.90 bits per heavy atom. The number of fused-ring (bicyclic) bond motifs is 2. The molecule has 0 spiro atoms. The highest BCUT2D eigenvalue weighted by Crippen LogP contribution is 2.52. The molecule has 1 saturated carbocycles. The van der Waals surface area contributed by atoms with Gasteiger partial charge in [0.15, 0.2) is 11.5 Å². The van der Waals surface area contributed by atoms with Gasteiger partial charge in [0.05, 0.1) is 12.7 Å². The first-order valence-corrected chi connectivity index (χ1v) is 10.2. The molecule has 2 bridgehead atoms. The van der Waals surface area contributed by atoms with Gasteiger partial charge in [-0.2, -0.15) is 0 Å². The van der Waals surface area contributed by atoms with Crippen LogP contribution in [-0.4, -0.2) is 47.8 Å². The van der Waals surface area contributed by atoms with Crippen LogP contribution >= 0.6 is 0 Å². The molecule has 2 aromatic carbocycles. The highest BCUT2D eigenvalue weighted by atomic mass is 16.5. The van der Waals surface area contributed by atoms with E-state index in [0.717, 1.165) is 25.8 Å². The predicted molar refractivity (Wildman–Crippen MR) is 112 cm³/mol. The number of hydrogen-bond acceptors (Lipinski definition) is 4. The van der Waals surface area contributed by atoms with E-state index in [-0.39, 0.29) is 17.9 Å². The first-order valence-electron chi connectivity index (χ1n) is 10.2. The van der Waals surface area contributed by atoms with Crippen LogP contribution in [0.15, 0.2) is 48.5 Å². The third-order valence-corrected chi connectivity index (χ3v) is 6.16. The van der Waals surface area contributed by atoms with Crippen LogP contribution in [-0.2, 0) is 5.41 Å². The van der Waals surface area contributed by atoms with Gasteiger partial charge in [0.1, 0.15) is 6.61 Å². The third-order valence-electron chi connectivity index (χ3n) is 6.16. The van der Waals surface area contributed by atoms with Crippen LogP contribution in [0.5, 0.6) is 11.5 Å². The molecule has 3 fully saturated rings. The Morgan fingerprint density at radius 1 is 1.17 bits per heavy atom. The minimum atomic E-state index is -0.942. The molecule has 0 aromatic heterocycles. The van der Waals surface area contributed by atoms with Crippen LogP contribution in [0.1, 0.15) is 49.0 Å². The molecule has 2 aromatic rings. The average molecular weight is 395 g/mol. The number of hydrogen-bond donors (Lipinski definition) is 1. The van der Waals surface area contributed by atoms with Crippen LogP contribution in [0.25, 0.3) is 0 Å². The quantitative estimate of drug-likeness (QED) is 0.808. The molecule has 0 radical (unpaired) electrons. The Balaban J connectivity index is 1.46. The second-order valence-corrected chi connectivity index (χ2v) is 8.92. The molecule has 5 nitrogen and oxygen atoms in total. The topological polar surface area (TPSA) is 59.0 Å². The number of rotatable bonds is 6. The lowest BCUT2D eigenvalue weighted by Gasteiger charge is -2.58. The molecular formula is C24H29NO4. The van der Waals surface area contributed by atoms with Crippen molar-refractivity contribution in [1.82, 2.24) is 4.90 Å². The summed E-state index contributed by atoms with van der Waals surface area (Å²) in [5, 5.41) is 9.87. The molecule has 2 heterocycles. The average Bonchev–Trinajstić information content (AvgIpc) is 2.71. The van der Waals surface area contributed by atoms with Crippen LogP contribution in [0, 0.1) is 0 Å². The highest BCUT2D eigenvalue weighted by Gasteiger charge is 2.52. The minimum Gasteiger partial charge on any atom is -0.493 e. The zero-order valence-corrected chi connectivity index (χ0v) is 17.4. The van der Waals surface area contributed by atoms with E-state index >= 15 is 0 Å². The van der Waals surface area contributed by atoms with E-state index in [9.17, 15) is 9.90 Å². The van der Waals surface area contributed by atoms with Gasteiger partial charge in [-0.25, -0.2) is 0 Å². The van der Waals surface area contributed by atoms with Gasteiger partial charge in [-0.05, 0) is 56.9 Å². The molecule has 5 heteroatoms. The summed E-state index contributed by atoms with van der Waals surface area (Å²) in [5.41, 5.74) is 1.31. The van der Waals surface area contributed by atoms with E-state index in [2.05, 4.69) is 30.3 Å². The number of carbonyl (C=O) groups is 1. The fourth-order valence-electron chi connectivity index (χ4n) is 4.56. The SMILES string of the molecule is COc1cc(C(=O)N2CCC3(c4ccccc4)CC2C3)ccc1OCC(C)(C)O. The third kappa shape index (κ3) is 3.84. The summed E-state index contributed by atoms with van der Waals surface area (Å²) >= 11 is 0. The number of piperidine rings is 2. The zero-order valence-electron chi connectivity index (χ0n) is 17.4. The maximum atomic E-state index is 13.2. The van der Waals surface area contributed by atoms with E-state index in [0.29, 0.717) is 23.1 Å². The lowest BCUT2D eigenvalue weighted by Crippen LogP contribution is -2.61. The van der Waals surface area contributed by atoms with E-state index < -0.39 is 5.60 Å². The molecule has 3 aliphatic rings. The number of nitrogens with zero attached hydrogens (tertiary/aromatic N) is 1. The van der Waals surface area contributed by atoms with E-state index in [4.69, 9.17) is 9.47 Å². The Kier molecular flexibility index (Phi) is 5.03. The van der Waals surface area contributed by atoms with Crippen molar-refractivity contribution in [2.75, 3.05) is 20.3 Å². The van der Waals surface area contributed by atoms with Crippen molar-refractivity contribution in [1.29, 1.82) is 0 Å². The molecule has 0 unspecified atom stereocenters. The van der Waals surface area contributed by atoms with Gasteiger partial charge in [0.25, 0.3) is 5.91 Å². The predicted octanol–water partition coefficient (Wildman–Crippen LogP) is 3.79. The summed E-state index contributed by atoms with van der Waals surface area (Å²) in [5.74, 6) is 1.07. The second-order valence-electron chi connectivity index (χ2n) is 8.92. The molecule has 29 heavy (non-hydrogen) atoms. The van der Waals surface area contributed by atoms with Gasteiger partial charge in [0, 0.05) is 23.6 Å². The summed E-state index contributed by atoms with van der Waals surface area (Å²) in [6.45, 7) is 4.29. The van der Waals surface area contributed by atoms with Crippen LogP contribution in [0.4, 0.5) is 0 Å². The van der Waals surface area contributed by atoms with Crippen molar-refractivity contribution in [3.05, 3.63) is 59.7 Å². The number of methoxy groups -OCH3 is 1. The number of aliphatic hydroxyl groups is 1. The largest absolute Gasteiger partial charge is 0.493 e. The van der Waals surface area contributed by atoms with Crippen molar-refractivity contribution in [3.63, 3.8) is 0 Å². The van der Waals surface area contributed by atoms with Crippen molar-refractivity contribution in [2.24, 2.45) is 0 Å². The van der Waals surface area contributed by atoms with Crippen molar-refractivity contribution in [2.45, 2.75) is 50.2 Å². The van der Waals surface area contributed by atoms with Gasteiger partial charge in [-0.15, -0.1) is 0 Å². The zero-order chi connectivity index (χ0) is 20.6. The standard InChI is InChI=1S/C24H29NO4/c1-23(2,27)16-29-20-10-9-17(13-21(20)28-3)22(26)25-12-11-24(14-19(25)15-24)18-7-5-4-6-8-18/h4-10,13,19,27H,11-12,14-16H2,1-3H3. The maximum absolute atomic E-state index is 13.2. The van der Waals surface area contributed by atoms with Gasteiger partial charge in [0.2, 0.25) is 0 Å². The first-order chi connectivity index (χ1) is 13.8. The maximum Gasteiger partial charge on any atom is 0.254 e. The van der Waals surface area contributed by atoms with Gasteiger partial charge in [-0.3, -0.25) is 4.79 Å². The van der Waals surface area contributed by atoms with E-state index in [1.165, 1.54) is 5.56 Å². The van der Waals surface area contributed by atoms with E-state index in [1.807, 2.05) is 4.90 Å². The van der Waals surface area contributed by atoms with Crippen molar-refractivity contribution in [3.8, 4) is 11.5 Å². The number of benzene rings is 2. The summed E-state index contributed by atoms with van der Waals surface area (Å²) in [4.78, 5) is 15.2. The molecule has 2 saturated heterocycles. The van der Waals surface area contributed by atoms with Crippen molar-refractivity contribution < 1.29 is 19.4 Å². The fraction of sp³-hybridized carbons (Fsp3) is 0.458. The van der Waals surface area contributed by atoms with Gasteiger partial charge < -0.3 is 19.5 Å². The molecule has 1 N–H and O–H groups in total. The van der Waals surface area contributed by atoms with Gasteiger partial charge in [-0.1, -0.05) is 30.3 Å². The van der Waals surface area contributed by atoms with E-state index in [1.54, 1.807) is 39.2 Å². The lowest BCUT2D eigenvalue weighted by atomic mass is 9.57. The number of amides is 1. The van der Waals surface area contributed by atoms with Gasteiger partial charge >= 0.3 is 0 Å². The summed E-state index contributed by atoms with van der Waals surface area (Å²) < 4.78 is 11.1. The number of ether oxygens (including phenoxy) is 2. The molecule has 0 atom stereocenters. The molecule has 154 valence electrons. The lowest BCUT2D eigenvalue weighted by molar-refractivity contribution is -0.00438. The van der Waals surface area contributed by atoms with Crippen LogP contribution in [0.3, 0.4) is 0 Å². The van der Waals surface area contributed by atoms with Crippen LogP contribution in [0.2, 0.25) is 0 Å². The monoisotopic (exact) mass is 395 g/mol. The molecular weight excluding hydrogens is 366 g/mol. The Morgan fingerprint density at radius 3 is 2.48 bits per heavy atom. The summed E-state index contributed by atoms with van der Waals surface area (Å²) in [7, 11) is 1.56. The Bertz CT molecular complexity index is 876. The molecule has 2 aliphatic heterocycles.